The average Bonchev–Trinajstić information content (AvgIpc) is 2.89. The molecule has 39 heavy (non-hydrogen) atoms. The summed E-state index contributed by atoms with van der Waals surface area (Å²) in [5, 5.41) is 40.3. The standard InChI is InChI=1S/C24H27FN6O8/c25-16-10-13(31(38)39)9-15-20(16)27-7-1-2-17(21(26)34)28-23(36)18(8-12-3-5-14(33)6-4-12)29-24(37)19(11-32)30-22(15)35/h3-6,9-10,17-19,27,32-33H,1-2,7-8,11H2,(H2,26,34)(H,28,36)(H,29,37)(H,30,35)/t17-,18-,19-/m0/s1. The Balaban J connectivity index is 1.99. The zero-order chi connectivity index (χ0) is 28.7. The van der Waals surface area contributed by atoms with Crippen LogP contribution in [0, 0.1) is 15.9 Å². The van der Waals surface area contributed by atoms with Crippen LogP contribution in [0.4, 0.5) is 15.8 Å². The SMILES string of the molecule is NC(=O)[C@@H]1CCCNc2c(F)cc([N+](=O)[O-])cc2C(=O)N[C@@H](CO)C(=O)N[C@@H](Cc2ccc(O)cc2)C(=O)N1. The van der Waals surface area contributed by atoms with Gasteiger partial charge in [0.1, 0.15) is 23.9 Å². The molecule has 0 radical (unpaired) electrons. The highest BCUT2D eigenvalue weighted by atomic mass is 19.1. The number of phenolic OH excluding ortho intramolecular Hbond substituents is 1. The molecule has 0 bridgehead atoms. The van der Waals surface area contributed by atoms with E-state index in [0.29, 0.717) is 11.6 Å². The highest BCUT2D eigenvalue weighted by Crippen LogP contribution is 2.27. The zero-order valence-corrected chi connectivity index (χ0v) is 20.5. The Labute approximate surface area is 220 Å². The van der Waals surface area contributed by atoms with Crippen LogP contribution < -0.4 is 27.0 Å². The number of hydrogen-bond donors (Lipinski definition) is 7. The number of phenols is 1. The van der Waals surface area contributed by atoms with E-state index in [-0.39, 0.29) is 31.6 Å². The molecule has 208 valence electrons. The Morgan fingerprint density at radius 3 is 2.36 bits per heavy atom. The van der Waals surface area contributed by atoms with Crippen LogP contribution >= 0.6 is 0 Å². The van der Waals surface area contributed by atoms with E-state index in [9.17, 15) is 43.9 Å². The van der Waals surface area contributed by atoms with Crippen molar-refractivity contribution in [1.29, 1.82) is 0 Å². The van der Waals surface area contributed by atoms with Crippen LogP contribution in [0.5, 0.6) is 5.75 Å². The first-order chi connectivity index (χ1) is 18.5. The summed E-state index contributed by atoms with van der Waals surface area (Å²) in [4.78, 5) is 61.5. The number of fused-ring (bicyclic) bond motifs is 1. The van der Waals surface area contributed by atoms with Gasteiger partial charge in [-0.15, -0.1) is 0 Å². The second kappa shape index (κ2) is 12.6. The molecular weight excluding hydrogens is 519 g/mol. The number of nitrogens with zero attached hydrogens (tertiary/aromatic N) is 1. The van der Waals surface area contributed by atoms with E-state index >= 15 is 0 Å². The van der Waals surface area contributed by atoms with Gasteiger partial charge in [0.25, 0.3) is 11.6 Å². The monoisotopic (exact) mass is 546 g/mol. The Morgan fingerprint density at radius 1 is 1.08 bits per heavy atom. The van der Waals surface area contributed by atoms with Crippen LogP contribution in [0.25, 0.3) is 0 Å². The van der Waals surface area contributed by atoms with Crippen molar-refractivity contribution in [3.8, 4) is 5.75 Å². The summed E-state index contributed by atoms with van der Waals surface area (Å²) in [6, 6.07) is 3.07. The topological polar surface area (TPSA) is 226 Å². The van der Waals surface area contributed by atoms with E-state index in [1.165, 1.54) is 24.3 Å². The van der Waals surface area contributed by atoms with Crippen LogP contribution in [0.2, 0.25) is 0 Å². The van der Waals surface area contributed by atoms with Crippen LogP contribution in [-0.2, 0) is 20.8 Å². The largest absolute Gasteiger partial charge is 0.508 e. The van der Waals surface area contributed by atoms with Gasteiger partial charge in [-0.3, -0.25) is 29.3 Å². The highest BCUT2D eigenvalue weighted by molar-refractivity contribution is 6.03. The molecule has 8 N–H and O–H groups in total. The fourth-order valence-electron chi connectivity index (χ4n) is 3.91. The number of nitro groups is 1. The quantitative estimate of drug-likeness (QED) is 0.188. The van der Waals surface area contributed by atoms with Crippen molar-refractivity contribution >= 4 is 35.0 Å². The van der Waals surface area contributed by atoms with E-state index in [4.69, 9.17) is 5.73 Å². The summed E-state index contributed by atoms with van der Waals surface area (Å²) in [6.45, 7) is -0.957. The third-order valence-electron chi connectivity index (χ3n) is 5.98. The maximum absolute atomic E-state index is 14.8. The van der Waals surface area contributed by atoms with E-state index in [1.54, 1.807) is 0 Å². The fraction of sp³-hybridized carbons (Fsp3) is 0.333. The van der Waals surface area contributed by atoms with Gasteiger partial charge < -0.3 is 37.2 Å². The van der Waals surface area contributed by atoms with Crippen LogP contribution in [-0.4, -0.2) is 70.0 Å². The lowest BCUT2D eigenvalue weighted by Gasteiger charge is -2.24. The number of primary amides is 1. The fourth-order valence-corrected chi connectivity index (χ4v) is 3.91. The minimum atomic E-state index is -1.64. The first kappa shape index (κ1) is 28.8. The lowest BCUT2D eigenvalue weighted by atomic mass is 10.0. The average molecular weight is 547 g/mol. The van der Waals surface area contributed by atoms with Gasteiger partial charge in [0, 0.05) is 19.0 Å². The molecule has 4 amide bonds. The van der Waals surface area contributed by atoms with E-state index in [1.807, 2.05) is 0 Å². The predicted molar refractivity (Wildman–Crippen MR) is 134 cm³/mol. The maximum Gasteiger partial charge on any atom is 0.273 e. The first-order valence-electron chi connectivity index (χ1n) is 11.8. The number of nitro benzene ring substituents is 1. The summed E-state index contributed by atoms with van der Waals surface area (Å²) in [6.07, 6.45) is 0.0557. The van der Waals surface area contributed by atoms with Gasteiger partial charge in [-0.25, -0.2) is 4.39 Å². The van der Waals surface area contributed by atoms with Crippen LogP contribution in [0.3, 0.4) is 0 Å². The number of rotatable bonds is 5. The molecule has 0 unspecified atom stereocenters. The van der Waals surface area contributed by atoms with Gasteiger partial charge in [0.2, 0.25) is 17.7 Å². The number of nitrogens with two attached hydrogens (primary N) is 1. The number of amides is 4. The molecule has 3 rings (SSSR count). The number of aliphatic hydroxyl groups is 1. The predicted octanol–water partition coefficient (Wildman–Crippen LogP) is -0.566. The molecule has 1 aliphatic heterocycles. The Morgan fingerprint density at radius 2 is 1.74 bits per heavy atom. The van der Waals surface area contributed by atoms with Crippen molar-refractivity contribution in [3.63, 3.8) is 0 Å². The third kappa shape index (κ3) is 7.38. The molecule has 1 aliphatic rings. The lowest BCUT2D eigenvalue weighted by molar-refractivity contribution is -0.385. The zero-order valence-electron chi connectivity index (χ0n) is 20.5. The molecule has 0 aromatic heterocycles. The molecule has 14 nitrogen and oxygen atoms in total. The van der Waals surface area contributed by atoms with Gasteiger partial charge in [-0.1, -0.05) is 12.1 Å². The summed E-state index contributed by atoms with van der Waals surface area (Å²) >= 11 is 0. The normalized spacial score (nSPS) is 20.7. The van der Waals surface area contributed by atoms with Crippen LogP contribution in [0.1, 0.15) is 28.8 Å². The molecule has 0 spiro atoms. The lowest BCUT2D eigenvalue weighted by Crippen LogP contribution is -2.57. The molecule has 15 heteroatoms. The number of non-ortho nitro benzene ring substituents is 1. The molecule has 0 fully saturated rings. The van der Waals surface area contributed by atoms with Gasteiger partial charge in [-0.05, 0) is 30.5 Å². The molecule has 2 aromatic carbocycles. The molecule has 0 saturated heterocycles. The Kier molecular flexibility index (Phi) is 9.33. The minimum Gasteiger partial charge on any atom is -0.508 e. The van der Waals surface area contributed by atoms with Crippen molar-refractivity contribution in [2.24, 2.45) is 5.73 Å². The van der Waals surface area contributed by atoms with E-state index in [2.05, 4.69) is 21.3 Å². The van der Waals surface area contributed by atoms with Gasteiger partial charge in [0.15, 0.2) is 5.82 Å². The number of aromatic hydroxyl groups is 1. The van der Waals surface area contributed by atoms with Crippen molar-refractivity contribution in [2.75, 3.05) is 18.5 Å². The van der Waals surface area contributed by atoms with Crippen LogP contribution in [0.15, 0.2) is 36.4 Å². The maximum atomic E-state index is 14.8. The molecular formula is C24H27FN6O8. The van der Waals surface area contributed by atoms with Gasteiger partial charge in [0.05, 0.1) is 28.8 Å². The first-order valence-corrected chi connectivity index (χ1v) is 11.8. The Hall–Kier alpha value is -4.79. The number of carbonyl (C=O) groups is 4. The van der Waals surface area contributed by atoms with Crippen molar-refractivity contribution in [2.45, 2.75) is 37.4 Å². The minimum absolute atomic E-state index is 0.00332. The smallest absolute Gasteiger partial charge is 0.273 e. The van der Waals surface area contributed by atoms with Gasteiger partial charge >= 0.3 is 0 Å². The van der Waals surface area contributed by atoms with Crippen molar-refractivity contribution in [3.05, 3.63) is 63.5 Å². The third-order valence-corrected chi connectivity index (χ3v) is 5.98. The molecule has 0 aliphatic carbocycles. The number of carbonyl (C=O) groups excluding carboxylic acids is 4. The number of anilines is 1. The summed E-state index contributed by atoms with van der Waals surface area (Å²) in [5.41, 5.74) is 4.35. The molecule has 2 aromatic rings. The highest BCUT2D eigenvalue weighted by Gasteiger charge is 2.31. The number of halogens is 1. The molecule has 0 saturated carbocycles. The second-order valence-electron chi connectivity index (χ2n) is 8.78. The summed E-state index contributed by atoms with van der Waals surface area (Å²) < 4.78 is 14.8. The van der Waals surface area contributed by atoms with E-state index in [0.717, 1.165) is 6.07 Å². The molecule has 3 atom stereocenters. The summed E-state index contributed by atoms with van der Waals surface area (Å²) in [5.74, 6) is -4.89. The summed E-state index contributed by atoms with van der Waals surface area (Å²) in [7, 11) is 0. The second-order valence-corrected chi connectivity index (χ2v) is 8.78. The van der Waals surface area contributed by atoms with Gasteiger partial charge in [-0.2, -0.15) is 0 Å². The van der Waals surface area contributed by atoms with Crippen molar-refractivity contribution < 1.29 is 38.7 Å². The molecule has 1 heterocycles. The number of hydrogen-bond acceptors (Lipinski definition) is 9. The number of benzene rings is 2. The number of aliphatic hydroxyl groups excluding tert-OH is 1. The van der Waals surface area contributed by atoms with Crippen molar-refractivity contribution in [1.82, 2.24) is 16.0 Å². The Bertz CT molecular complexity index is 1270. The van der Waals surface area contributed by atoms with E-state index < -0.39 is 76.0 Å². The number of nitrogens with one attached hydrogen (secondary N) is 4.